The number of carbonyl (C=O) groups is 1. The smallest absolute Gasteiger partial charge is 0.251 e. The SMILES string of the molecule is CSCc1ccc(C(=O)NCc2nnnn2-c2ccc(Br)cc2)cc1. The molecule has 0 aliphatic rings. The molecule has 0 aliphatic carbocycles. The van der Waals surface area contributed by atoms with Crippen LogP contribution in [0, 0.1) is 0 Å². The van der Waals surface area contributed by atoms with Gasteiger partial charge in [-0.05, 0) is 58.6 Å². The third kappa shape index (κ3) is 4.46. The number of amides is 1. The van der Waals surface area contributed by atoms with Crippen LogP contribution >= 0.6 is 27.7 Å². The number of hydrogen-bond donors (Lipinski definition) is 1. The van der Waals surface area contributed by atoms with E-state index in [0.717, 1.165) is 15.9 Å². The first kappa shape index (κ1) is 17.6. The maximum absolute atomic E-state index is 12.3. The molecular formula is C17H16BrN5OS. The maximum Gasteiger partial charge on any atom is 0.251 e. The van der Waals surface area contributed by atoms with E-state index in [2.05, 4.69) is 43.0 Å². The Bertz CT molecular complexity index is 848. The molecule has 128 valence electrons. The number of thioether (sulfide) groups is 1. The average molecular weight is 418 g/mol. The molecular weight excluding hydrogens is 402 g/mol. The molecule has 1 N–H and O–H groups in total. The van der Waals surface area contributed by atoms with E-state index in [4.69, 9.17) is 0 Å². The maximum atomic E-state index is 12.3. The van der Waals surface area contributed by atoms with E-state index in [1.807, 2.05) is 48.5 Å². The van der Waals surface area contributed by atoms with Gasteiger partial charge in [0.25, 0.3) is 5.91 Å². The van der Waals surface area contributed by atoms with Crippen molar-refractivity contribution in [2.45, 2.75) is 12.3 Å². The summed E-state index contributed by atoms with van der Waals surface area (Å²) in [6.45, 7) is 0.245. The van der Waals surface area contributed by atoms with Gasteiger partial charge in [0.1, 0.15) is 0 Å². The molecule has 6 nitrogen and oxygen atoms in total. The molecule has 0 atom stereocenters. The van der Waals surface area contributed by atoms with Gasteiger partial charge in [-0.15, -0.1) is 5.10 Å². The van der Waals surface area contributed by atoms with Crippen LogP contribution in [-0.2, 0) is 12.3 Å². The van der Waals surface area contributed by atoms with Crippen LogP contribution in [0.25, 0.3) is 5.69 Å². The standard InChI is InChI=1S/C17H16BrN5OS/c1-25-11-12-2-4-13(5-3-12)17(24)19-10-16-20-21-22-23(16)15-8-6-14(18)7-9-15/h2-9H,10-11H2,1H3,(H,19,24). The summed E-state index contributed by atoms with van der Waals surface area (Å²) < 4.78 is 2.58. The summed E-state index contributed by atoms with van der Waals surface area (Å²) in [5.41, 5.74) is 2.65. The van der Waals surface area contributed by atoms with Crippen LogP contribution < -0.4 is 5.32 Å². The minimum Gasteiger partial charge on any atom is -0.345 e. The van der Waals surface area contributed by atoms with Gasteiger partial charge in [-0.1, -0.05) is 28.1 Å². The molecule has 0 aliphatic heterocycles. The van der Waals surface area contributed by atoms with Crippen LogP contribution in [-0.4, -0.2) is 32.4 Å². The molecule has 1 heterocycles. The number of benzene rings is 2. The third-order valence-corrected chi connectivity index (χ3v) is 4.69. The van der Waals surface area contributed by atoms with Gasteiger partial charge in [0.05, 0.1) is 12.2 Å². The number of nitrogens with one attached hydrogen (secondary N) is 1. The Morgan fingerprint density at radius 1 is 1.16 bits per heavy atom. The summed E-state index contributed by atoms with van der Waals surface area (Å²) in [5, 5.41) is 14.5. The second-order valence-corrected chi connectivity index (χ2v) is 7.08. The first-order valence-electron chi connectivity index (χ1n) is 7.56. The first-order chi connectivity index (χ1) is 12.2. The molecule has 3 rings (SSSR count). The molecule has 1 amide bonds. The predicted molar refractivity (Wildman–Crippen MR) is 102 cm³/mol. The second-order valence-electron chi connectivity index (χ2n) is 5.30. The van der Waals surface area contributed by atoms with E-state index in [1.165, 1.54) is 5.56 Å². The molecule has 25 heavy (non-hydrogen) atoms. The molecule has 0 saturated heterocycles. The Kier molecular flexibility index (Phi) is 5.83. The van der Waals surface area contributed by atoms with E-state index in [9.17, 15) is 4.79 Å². The summed E-state index contributed by atoms with van der Waals surface area (Å²) in [7, 11) is 0. The lowest BCUT2D eigenvalue weighted by atomic mass is 10.1. The fourth-order valence-electron chi connectivity index (χ4n) is 2.28. The predicted octanol–water partition coefficient (Wildman–Crippen LogP) is 3.22. The van der Waals surface area contributed by atoms with Gasteiger partial charge in [0.15, 0.2) is 5.82 Å². The monoisotopic (exact) mass is 417 g/mol. The number of nitrogens with zero attached hydrogens (tertiary/aromatic N) is 4. The summed E-state index contributed by atoms with van der Waals surface area (Å²) >= 11 is 5.15. The van der Waals surface area contributed by atoms with Gasteiger partial charge in [-0.25, -0.2) is 0 Å². The number of tetrazole rings is 1. The fraction of sp³-hybridized carbons (Fsp3) is 0.176. The van der Waals surface area contributed by atoms with Gasteiger partial charge >= 0.3 is 0 Å². The summed E-state index contributed by atoms with van der Waals surface area (Å²) in [6, 6.07) is 15.2. The van der Waals surface area contributed by atoms with E-state index in [1.54, 1.807) is 16.4 Å². The quantitative estimate of drug-likeness (QED) is 0.666. The molecule has 0 saturated carbocycles. The molecule has 2 aromatic carbocycles. The highest BCUT2D eigenvalue weighted by molar-refractivity contribution is 9.10. The van der Waals surface area contributed by atoms with Crippen LogP contribution in [0.4, 0.5) is 0 Å². The highest BCUT2D eigenvalue weighted by Gasteiger charge is 2.11. The molecule has 0 spiro atoms. The number of hydrogen-bond acceptors (Lipinski definition) is 5. The number of carbonyl (C=O) groups excluding carboxylic acids is 1. The van der Waals surface area contributed by atoms with Crippen molar-refractivity contribution >= 4 is 33.6 Å². The molecule has 0 bridgehead atoms. The number of aromatic nitrogens is 4. The lowest BCUT2D eigenvalue weighted by Gasteiger charge is -2.07. The summed E-state index contributed by atoms with van der Waals surface area (Å²) in [5.74, 6) is 1.35. The Morgan fingerprint density at radius 3 is 2.56 bits per heavy atom. The molecule has 8 heteroatoms. The minimum absolute atomic E-state index is 0.152. The summed E-state index contributed by atoms with van der Waals surface area (Å²) in [6.07, 6.45) is 2.05. The van der Waals surface area contributed by atoms with Crippen molar-refractivity contribution in [1.82, 2.24) is 25.5 Å². The van der Waals surface area contributed by atoms with Crippen molar-refractivity contribution in [3.8, 4) is 5.69 Å². The van der Waals surface area contributed by atoms with Gasteiger partial charge in [-0.3, -0.25) is 4.79 Å². The molecule has 0 fully saturated rings. The van der Waals surface area contributed by atoms with Crippen molar-refractivity contribution in [3.05, 3.63) is 70.0 Å². The zero-order valence-electron chi connectivity index (χ0n) is 13.5. The topological polar surface area (TPSA) is 72.7 Å². The molecule has 0 unspecified atom stereocenters. The minimum atomic E-state index is -0.152. The first-order valence-corrected chi connectivity index (χ1v) is 9.75. The second kappa shape index (κ2) is 8.26. The number of halogens is 1. The van der Waals surface area contributed by atoms with E-state index in [-0.39, 0.29) is 12.5 Å². The Hall–Kier alpha value is -2.19. The lowest BCUT2D eigenvalue weighted by Crippen LogP contribution is -2.24. The van der Waals surface area contributed by atoms with E-state index < -0.39 is 0 Å². The molecule has 1 aromatic heterocycles. The van der Waals surface area contributed by atoms with Crippen molar-refractivity contribution in [2.24, 2.45) is 0 Å². The van der Waals surface area contributed by atoms with E-state index in [0.29, 0.717) is 11.4 Å². The fourth-order valence-corrected chi connectivity index (χ4v) is 3.07. The van der Waals surface area contributed by atoms with Gasteiger partial charge < -0.3 is 5.32 Å². The van der Waals surface area contributed by atoms with Crippen LogP contribution in [0.2, 0.25) is 0 Å². The van der Waals surface area contributed by atoms with Gasteiger partial charge in [-0.2, -0.15) is 16.4 Å². The van der Waals surface area contributed by atoms with Crippen LogP contribution in [0.1, 0.15) is 21.7 Å². The van der Waals surface area contributed by atoms with E-state index >= 15 is 0 Å². The van der Waals surface area contributed by atoms with Crippen LogP contribution in [0.5, 0.6) is 0 Å². The normalized spacial score (nSPS) is 10.6. The van der Waals surface area contributed by atoms with Gasteiger partial charge in [0, 0.05) is 15.8 Å². The van der Waals surface area contributed by atoms with Crippen molar-refractivity contribution in [3.63, 3.8) is 0 Å². The zero-order chi connectivity index (χ0) is 17.6. The van der Waals surface area contributed by atoms with Crippen molar-refractivity contribution in [2.75, 3.05) is 6.26 Å². The highest BCUT2D eigenvalue weighted by Crippen LogP contribution is 2.14. The Morgan fingerprint density at radius 2 is 1.88 bits per heavy atom. The third-order valence-electron chi connectivity index (χ3n) is 3.54. The van der Waals surface area contributed by atoms with Gasteiger partial charge in [0.2, 0.25) is 0 Å². The highest BCUT2D eigenvalue weighted by atomic mass is 79.9. The van der Waals surface area contributed by atoms with Crippen molar-refractivity contribution < 1.29 is 4.79 Å². The lowest BCUT2D eigenvalue weighted by molar-refractivity contribution is 0.0949. The van der Waals surface area contributed by atoms with Crippen molar-refractivity contribution in [1.29, 1.82) is 0 Å². The average Bonchev–Trinajstić information content (AvgIpc) is 3.10. The zero-order valence-corrected chi connectivity index (χ0v) is 15.9. The molecule has 3 aromatic rings. The van der Waals surface area contributed by atoms with Crippen LogP contribution in [0.3, 0.4) is 0 Å². The Balaban J connectivity index is 1.66. The Labute approximate surface area is 158 Å². The summed E-state index contributed by atoms with van der Waals surface area (Å²) in [4.78, 5) is 12.3. The molecule has 0 radical (unpaired) electrons. The largest absolute Gasteiger partial charge is 0.345 e. The van der Waals surface area contributed by atoms with Crippen LogP contribution in [0.15, 0.2) is 53.0 Å². The number of rotatable bonds is 6.